The number of halogens is 4. The number of nitrogens with one attached hydrogen (secondary N) is 2. The molecule has 0 aliphatic heterocycles. The predicted octanol–water partition coefficient (Wildman–Crippen LogP) is 4.61. The fraction of sp³-hybridized carbons (Fsp3) is 0.160. The molecule has 4 aromatic rings. The molecule has 2 heterocycles. The molecule has 9 nitrogen and oxygen atoms in total. The number of anilines is 2. The summed E-state index contributed by atoms with van der Waals surface area (Å²) in [6, 6.07) is 10.3. The Morgan fingerprint density at radius 2 is 1.76 bits per heavy atom. The number of aliphatic hydroxyl groups is 1. The van der Waals surface area contributed by atoms with Crippen LogP contribution in [0.25, 0.3) is 5.82 Å². The van der Waals surface area contributed by atoms with Crippen LogP contribution in [0.1, 0.15) is 39.0 Å². The first-order valence-electron chi connectivity index (χ1n) is 11.1. The van der Waals surface area contributed by atoms with Gasteiger partial charge >= 0.3 is 6.18 Å². The summed E-state index contributed by atoms with van der Waals surface area (Å²) in [5.41, 5.74) is -0.820. The van der Waals surface area contributed by atoms with Gasteiger partial charge in [0.1, 0.15) is 5.82 Å². The zero-order chi connectivity index (χ0) is 27.4. The van der Waals surface area contributed by atoms with Crippen molar-refractivity contribution in [2.45, 2.75) is 19.2 Å². The maximum atomic E-state index is 13.1. The van der Waals surface area contributed by atoms with E-state index in [-0.39, 0.29) is 35.1 Å². The van der Waals surface area contributed by atoms with Crippen LogP contribution in [0.5, 0.6) is 0 Å². The summed E-state index contributed by atoms with van der Waals surface area (Å²) in [7, 11) is 0. The number of hydrogen-bond acceptors (Lipinski definition) is 7. The third-order valence-corrected chi connectivity index (χ3v) is 5.56. The van der Waals surface area contributed by atoms with E-state index in [0.29, 0.717) is 11.9 Å². The molecule has 0 radical (unpaired) electrons. The number of benzene rings is 2. The molecule has 1 amide bonds. The molecule has 0 fully saturated rings. The molecule has 0 aliphatic carbocycles. The number of amides is 1. The van der Waals surface area contributed by atoms with Crippen molar-refractivity contribution < 1.29 is 27.9 Å². The zero-order valence-electron chi connectivity index (χ0n) is 19.7. The predicted molar refractivity (Wildman–Crippen MR) is 134 cm³/mol. The standard InChI is InChI=1S/C25H20ClF3N6O3/c1-14(36)13-32-24-31-9-8-20(34-24)35-11-10-30-22(35)21(37)15-2-5-17(6-3-15)33-23(38)16-4-7-19(26)18(12-16)25(27,28)29/h2-12,14,36H,13H2,1H3,(H,33,38)(H,31,32,34)/t14-/m0/s1. The van der Waals surface area contributed by atoms with Crippen LogP contribution in [-0.4, -0.2) is 49.0 Å². The molecule has 1 atom stereocenters. The summed E-state index contributed by atoms with van der Waals surface area (Å²) in [4.78, 5) is 38.2. The molecule has 2 aromatic heterocycles. The first-order valence-corrected chi connectivity index (χ1v) is 11.5. The third-order valence-electron chi connectivity index (χ3n) is 5.23. The van der Waals surface area contributed by atoms with Crippen LogP contribution in [0.4, 0.5) is 24.8 Å². The van der Waals surface area contributed by atoms with Crippen LogP contribution in [0.3, 0.4) is 0 Å². The van der Waals surface area contributed by atoms with Crippen molar-refractivity contribution in [2.24, 2.45) is 0 Å². The number of nitrogens with zero attached hydrogens (tertiary/aromatic N) is 4. The van der Waals surface area contributed by atoms with E-state index < -0.39 is 34.6 Å². The van der Waals surface area contributed by atoms with Crippen molar-refractivity contribution >= 4 is 34.9 Å². The van der Waals surface area contributed by atoms with Crippen molar-refractivity contribution in [3.63, 3.8) is 0 Å². The number of ketones is 1. The van der Waals surface area contributed by atoms with Gasteiger partial charge in [0.15, 0.2) is 5.82 Å². The molecule has 4 rings (SSSR count). The Bertz CT molecular complexity index is 1470. The van der Waals surface area contributed by atoms with E-state index in [9.17, 15) is 27.9 Å². The maximum absolute atomic E-state index is 13.1. The molecular formula is C25H20ClF3N6O3. The Hall–Kier alpha value is -4.29. The molecule has 2 aromatic carbocycles. The maximum Gasteiger partial charge on any atom is 0.417 e. The van der Waals surface area contributed by atoms with E-state index in [1.165, 1.54) is 47.3 Å². The number of carbonyl (C=O) groups excluding carboxylic acids is 2. The highest BCUT2D eigenvalue weighted by Gasteiger charge is 2.33. The van der Waals surface area contributed by atoms with Gasteiger partial charge in [-0.05, 0) is 55.5 Å². The highest BCUT2D eigenvalue weighted by Crippen LogP contribution is 2.35. The minimum atomic E-state index is -4.71. The van der Waals surface area contributed by atoms with Gasteiger partial charge in [0.2, 0.25) is 11.7 Å². The Balaban J connectivity index is 1.49. The largest absolute Gasteiger partial charge is 0.417 e. The lowest BCUT2D eigenvalue weighted by molar-refractivity contribution is -0.137. The number of rotatable bonds is 8. The SMILES string of the molecule is C[C@H](O)CNc1nccc(-n2ccnc2C(=O)c2ccc(NC(=O)c3ccc(Cl)c(C(F)(F)F)c3)cc2)n1. The first kappa shape index (κ1) is 26.8. The smallest absolute Gasteiger partial charge is 0.392 e. The van der Waals surface area contributed by atoms with Crippen LogP contribution in [-0.2, 0) is 6.18 Å². The van der Waals surface area contributed by atoms with Gasteiger partial charge < -0.3 is 15.7 Å². The summed E-state index contributed by atoms with van der Waals surface area (Å²) < 4.78 is 40.8. The minimum Gasteiger partial charge on any atom is -0.392 e. The lowest BCUT2D eigenvalue weighted by atomic mass is 10.1. The monoisotopic (exact) mass is 544 g/mol. The van der Waals surface area contributed by atoms with Gasteiger partial charge in [-0.2, -0.15) is 18.2 Å². The van der Waals surface area contributed by atoms with E-state index in [2.05, 4.69) is 25.6 Å². The van der Waals surface area contributed by atoms with Crippen LogP contribution in [0, 0.1) is 0 Å². The van der Waals surface area contributed by atoms with Gasteiger partial charge in [0.05, 0.1) is 16.7 Å². The molecular weight excluding hydrogens is 525 g/mol. The number of hydrogen-bond donors (Lipinski definition) is 3. The quantitative estimate of drug-likeness (QED) is 0.277. The average molecular weight is 545 g/mol. The molecule has 0 aliphatic rings. The van der Waals surface area contributed by atoms with Crippen LogP contribution < -0.4 is 10.6 Å². The van der Waals surface area contributed by atoms with E-state index >= 15 is 0 Å². The minimum absolute atomic E-state index is 0.0720. The Kier molecular flexibility index (Phi) is 7.74. The third kappa shape index (κ3) is 6.15. The second-order valence-electron chi connectivity index (χ2n) is 8.14. The van der Waals surface area contributed by atoms with Crippen LogP contribution in [0.2, 0.25) is 5.02 Å². The Morgan fingerprint density at radius 1 is 1.05 bits per heavy atom. The summed E-state index contributed by atoms with van der Waals surface area (Å²) >= 11 is 5.61. The molecule has 13 heteroatoms. The van der Waals surface area contributed by atoms with Crippen LogP contribution >= 0.6 is 11.6 Å². The molecule has 0 unspecified atom stereocenters. The van der Waals surface area contributed by atoms with Gasteiger partial charge in [0.25, 0.3) is 5.91 Å². The number of imidazole rings is 1. The summed E-state index contributed by atoms with van der Waals surface area (Å²) in [5.74, 6) is -0.497. The summed E-state index contributed by atoms with van der Waals surface area (Å²) in [6.45, 7) is 1.85. The number of aliphatic hydroxyl groups excluding tert-OH is 1. The van der Waals surface area contributed by atoms with Crippen LogP contribution in [0.15, 0.2) is 67.1 Å². The highest BCUT2D eigenvalue weighted by atomic mass is 35.5. The van der Waals surface area contributed by atoms with E-state index in [0.717, 1.165) is 6.07 Å². The topological polar surface area (TPSA) is 122 Å². The van der Waals surface area contributed by atoms with Crippen molar-refractivity contribution in [2.75, 3.05) is 17.2 Å². The number of carbonyl (C=O) groups is 2. The first-order chi connectivity index (χ1) is 18.0. The van der Waals surface area contributed by atoms with Gasteiger partial charge in [-0.3, -0.25) is 14.2 Å². The molecule has 0 saturated carbocycles. The molecule has 38 heavy (non-hydrogen) atoms. The number of alkyl halides is 3. The summed E-state index contributed by atoms with van der Waals surface area (Å²) in [5, 5.41) is 14.3. The van der Waals surface area contributed by atoms with E-state index in [1.54, 1.807) is 19.2 Å². The van der Waals surface area contributed by atoms with Crippen molar-refractivity contribution in [3.8, 4) is 5.82 Å². The van der Waals surface area contributed by atoms with Crippen molar-refractivity contribution in [1.82, 2.24) is 19.5 Å². The fourth-order valence-electron chi connectivity index (χ4n) is 3.38. The zero-order valence-corrected chi connectivity index (χ0v) is 20.5. The second kappa shape index (κ2) is 11.0. The second-order valence-corrected chi connectivity index (χ2v) is 8.55. The van der Waals surface area contributed by atoms with Gasteiger partial charge in [-0.1, -0.05) is 11.6 Å². The lowest BCUT2D eigenvalue weighted by Crippen LogP contribution is -2.18. The molecule has 0 bridgehead atoms. The van der Waals surface area contributed by atoms with E-state index in [4.69, 9.17) is 11.6 Å². The lowest BCUT2D eigenvalue weighted by Gasteiger charge is -2.11. The normalized spacial score (nSPS) is 12.2. The van der Waals surface area contributed by atoms with E-state index in [1.807, 2.05) is 0 Å². The fourth-order valence-corrected chi connectivity index (χ4v) is 3.61. The Labute approximate surface area is 219 Å². The van der Waals surface area contributed by atoms with Crippen molar-refractivity contribution in [3.05, 3.63) is 94.7 Å². The molecule has 196 valence electrons. The molecule has 0 saturated heterocycles. The Morgan fingerprint density at radius 3 is 2.45 bits per heavy atom. The molecule has 3 N–H and O–H groups in total. The summed E-state index contributed by atoms with van der Waals surface area (Å²) in [6.07, 6.45) is -0.818. The number of aromatic nitrogens is 4. The molecule has 0 spiro atoms. The highest BCUT2D eigenvalue weighted by molar-refractivity contribution is 6.31. The van der Waals surface area contributed by atoms with Gasteiger partial charge in [-0.15, -0.1) is 0 Å². The average Bonchev–Trinajstić information content (AvgIpc) is 3.37. The van der Waals surface area contributed by atoms with Gasteiger partial charge in [0, 0.05) is 41.9 Å². The van der Waals surface area contributed by atoms with Crippen molar-refractivity contribution in [1.29, 1.82) is 0 Å². The van der Waals surface area contributed by atoms with Gasteiger partial charge in [-0.25, -0.2) is 9.97 Å².